The van der Waals surface area contributed by atoms with Crippen LogP contribution in [0.3, 0.4) is 0 Å². The fourth-order valence-corrected chi connectivity index (χ4v) is 6.29. The lowest BCUT2D eigenvalue weighted by Crippen LogP contribution is -2.41. The van der Waals surface area contributed by atoms with E-state index < -0.39 is 5.97 Å². The van der Waals surface area contributed by atoms with Gasteiger partial charge in [-0.1, -0.05) is 52.0 Å². The molecule has 4 aliphatic rings. The van der Waals surface area contributed by atoms with Crippen molar-refractivity contribution in [2.45, 2.75) is 58.0 Å². The predicted molar refractivity (Wildman–Crippen MR) is 125 cm³/mol. The van der Waals surface area contributed by atoms with Gasteiger partial charge in [0.1, 0.15) is 11.7 Å². The maximum Gasteiger partial charge on any atom is 0.342 e. The van der Waals surface area contributed by atoms with Crippen molar-refractivity contribution in [3.63, 3.8) is 0 Å². The van der Waals surface area contributed by atoms with E-state index >= 15 is 0 Å². The van der Waals surface area contributed by atoms with Crippen LogP contribution < -0.4 is 4.90 Å². The summed E-state index contributed by atoms with van der Waals surface area (Å²) in [6.45, 7) is 11.3. The number of carbonyl (C=O) groups is 2. The molecule has 1 atom stereocenters. The predicted octanol–water partition coefficient (Wildman–Crippen LogP) is 5.19. The Kier molecular flexibility index (Phi) is 3.67. The molecule has 0 amide bonds. The molecule has 0 saturated carbocycles. The summed E-state index contributed by atoms with van der Waals surface area (Å²) in [6, 6.07) is 13.5. The average molecular weight is 426 g/mol. The fraction of sp³-hybridized carbons (Fsp3) is 0.357. The highest BCUT2D eigenvalue weighted by Gasteiger charge is 2.49. The Morgan fingerprint density at radius 1 is 1.00 bits per heavy atom. The summed E-state index contributed by atoms with van der Waals surface area (Å²) in [5.41, 5.74) is 9.86. The van der Waals surface area contributed by atoms with E-state index in [4.69, 9.17) is 4.74 Å². The van der Waals surface area contributed by atoms with Crippen molar-refractivity contribution in [3.05, 3.63) is 76.0 Å². The lowest BCUT2D eigenvalue weighted by molar-refractivity contribution is -0.144. The van der Waals surface area contributed by atoms with Crippen LogP contribution in [0.25, 0.3) is 11.1 Å². The number of nitrogens with zero attached hydrogens (tertiary/aromatic N) is 1. The van der Waals surface area contributed by atoms with E-state index in [0.717, 1.165) is 24.2 Å². The average Bonchev–Trinajstić information content (AvgIpc) is 3.12. The monoisotopic (exact) mass is 425 g/mol. The highest BCUT2D eigenvalue weighted by atomic mass is 16.5. The van der Waals surface area contributed by atoms with Crippen LogP contribution >= 0.6 is 0 Å². The number of rotatable bonds is 1. The first-order valence-electron chi connectivity index (χ1n) is 11.4. The Balaban J connectivity index is 1.61. The summed E-state index contributed by atoms with van der Waals surface area (Å²) in [7, 11) is 0. The summed E-state index contributed by atoms with van der Waals surface area (Å²) < 4.78 is 5.71. The van der Waals surface area contributed by atoms with Gasteiger partial charge < -0.3 is 9.64 Å². The lowest BCUT2D eigenvalue weighted by atomic mass is 9.77. The largest absolute Gasteiger partial charge is 0.454 e. The molecule has 3 aliphatic heterocycles. The first kappa shape index (κ1) is 19.5. The number of esters is 1. The molecule has 0 spiro atoms. The van der Waals surface area contributed by atoms with E-state index in [2.05, 4.69) is 69.0 Å². The van der Waals surface area contributed by atoms with Crippen molar-refractivity contribution in [1.29, 1.82) is 0 Å². The molecule has 3 heterocycles. The molecule has 2 aromatic carbocycles. The molecule has 6 rings (SSSR count). The van der Waals surface area contributed by atoms with E-state index in [1.54, 1.807) is 6.08 Å². The Bertz CT molecular complexity index is 1310. The molecular formula is C28H27NO3. The minimum Gasteiger partial charge on any atom is -0.454 e. The van der Waals surface area contributed by atoms with Crippen LogP contribution in [-0.4, -0.2) is 24.4 Å². The number of fused-ring (bicyclic) bond motifs is 7. The Morgan fingerprint density at radius 3 is 2.50 bits per heavy atom. The first-order chi connectivity index (χ1) is 15.1. The summed E-state index contributed by atoms with van der Waals surface area (Å²) >= 11 is 0. The molecule has 1 unspecified atom stereocenters. The van der Waals surface area contributed by atoms with Gasteiger partial charge in [-0.15, -0.1) is 0 Å². The van der Waals surface area contributed by atoms with Crippen LogP contribution in [0.1, 0.15) is 57.7 Å². The lowest BCUT2D eigenvalue weighted by Gasteiger charge is -2.38. The standard InChI is InChI=1S/C28H27NO3/c1-15(30)17-12-19-24(32-26(17)31)10-11-29-23-14-21-18(13-22(23)28(4,5)25(19)29)16-8-6-7-9-20(16)27(21,2)3/h6-9,12-14,24H,10-11H2,1-5H3. The van der Waals surface area contributed by atoms with Crippen LogP contribution in [0.15, 0.2) is 59.3 Å². The number of allylic oxidation sites excluding steroid dienone is 1. The molecule has 4 heteroatoms. The fourth-order valence-electron chi connectivity index (χ4n) is 6.29. The van der Waals surface area contributed by atoms with Crippen LogP contribution in [-0.2, 0) is 25.2 Å². The number of hydrogen-bond donors (Lipinski definition) is 0. The second kappa shape index (κ2) is 6.00. The molecule has 1 aliphatic carbocycles. The molecule has 32 heavy (non-hydrogen) atoms. The number of Topliss-reactive ketones (excluding diaryl/α,β-unsaturated/α-hetero) is 1. The topological polar surface area (TPSA) is 46.6 Å². The van der Waals surface area contributed by atoms with E-state index in [1.165, 1.54) is 40.4 Å². The Labute approximate surface area is 188 Å². The van der Waals surface area contributed by atoms with E-state index in [0.29, 0.717) is 0 Å². The van der Waals surface area contributed by atoms with Gasteiger partial charge >= 0.3 is 5.97 Å². The van der Waals surface area contributed by atoms with Gasteiger partial charge in [0.25, 0.3) is 0 Å². The number of benzene rings is 2. The van der Waals surface area contributed by atoms with Crippen LogP contribution in [0, 0.1) is 0 Å². The number of hydrogen-bond acceptors (Lipinski definition) is 4. The van der Waals surface area contributed by atoms with Crippen molar-refractivity contribution in [3.8, 4) is 11.1 Å². The third kappa shape index (κ3) is 2.27. The van der Waals surface area contributed by atoms with Crippen LogP contribution in [0.5, 0.6) is 0 Å². The number of ketones is 1. The second-order valence-corrected chi connectivity index (χ2v) is 10.5. The molecular weight excluding hydrogens is 398 g/mol. The third-order valence-electron chi connectivity index (χ3n) is 7.91. The van der Waals surface area contributed by atoms with Crippen molar-refractivity contribution in [1.82, 2.24) is 0 Å². The Morgan fingerprint density at radius 2 is 1.75 bits per heavy atom. The zero-order valence-corrected chi connectivity index (χ0v) is 19.2. The second-order valence-electron chi connectivity index (χ2n) is 10.5. The summed E-state index contributed by atoms with van der Waals surface area (Å²) in [4.78, 5) is 26.8. The zero-order chi connectivity index (χ0) is 22.6. The normalized spacial score (nSPS) is 23.5. The molecule has 0 aromatic heterocycles. The smallest absolute Gasteiger partial charge is 0.342 e. The zero-order valence-electron chi connectivity index (χ0n) is 19.2. The number of carbonyl (C=O) groups excluding carboxylic acids is 2. The molecule has 0 N–H and O–H groups in total. The minimum atomic E-state index is -0.494. The van der Waals surface area contributed by atoms with Gasteiger partial charge in [0.15, 0.2) is 5.78 Å². The molecule has 0 radical (unpaired) electrons. The highest BCUT2D eigenvalue weighted by molar-refractivity contribution is 6.17. The van der Waals surface area contributed by atoms with Gasteiger partial charge in [0.2, 0.25) is 0 Å². The van der Waals surface area contributed by atoms with Crippen LogP contribution in [0.4, 0.5) is 5.69 Å². The maximum atomic E-state index is 12.3. The van der Waals surface area contributed by atoms with Crippen molar-refractivity contribution < 1.29 is 14.3 Å². The van der Waals surface area contributed by atoms with Gasteiger partial charge in [-0.25, -0.2) is 4.79 Å². The van der Waals surface area contributed by atoms with Gasteiger partial charge in [-0.05, 0) is 52.9 Å². The van der Waals surface area contributed by atoms with Crippen molar-refractivity contribution in [2.75, 3.05) is 11.4 Å². The van der Waals surface area contributed by atoms with Gasteiger partial charge in [-0.2, -0.15) is 0 Å². The molecule has 4 nitrogen and oxygen atoms in total. The SMILES string of the molecule is CC(=O)C1=CC2=C3N(CCC2OC1=O)c1cc2c(cc1C3(C)C)-c1ccccc1C2(C)C. The van der Waals surface area contributed by atoms with E-state index in [1.807, 2.05) is 0 Å². The van der Waals surface area contributed by atoms with Crippen molar-refractivity contribution >= 4 is 17.4 Å². The van der Waals surface area contributed by atoms with E-state index in [-0.39, 0.29) is 28.3 Å². The summed E-state index contributed by atoms with van der Waals surface area (Å²) in [5.74, 6) is -0.740. The van der Waals surface area contributed by atoms with Crippen molar-refractivity contribution in [2.24, 2.45) is 0 Å². The molecule has 0 saturated heterocycles. The van der Waals surface area contributed by atoms with Crippen LogP contribution in [0.2, 0.25) is 0 Å². The Hall–Kier alpha value is -3.14. The molecule has 162 valence electrons. The molecule has 0 fully saturated rings. The van der Waals surface area contributed by atoms with Gasteiger partial charge in [-0.3, -0.25) is 4.79 Å². The minimum absolute atomic E-state index is 0.0542. The number of anilines is 1. The van der Waals surface area contributed by atoms with Gasteiger partial charge in [0, 0.05) is 40.8 Å². The van der Waals surface area contributed by atoms with Gasteiger partial charge in [0.05, 0.1) is 0 Å². The maximum absolute atomic E-state index is 12.3. The summed E-state index contributed by atoms with van der Waals surface area (Å²) in [6.07, 6.45) is 2.23. The number of ether oxygens (including phenoxy) is 1. The molecule has 0 bridgehead atoms. The van der Waals surface area contributed by atoms with E-state index in [9.17, 15) is 9.59 Å². The quantitative estimate of drug-likeness (QED) is 0.466. The summed E-state index contributed by atoms with van der Waals surface area (Å²) in [5, 5.41) is 0. The third-order valence-corrected chi connectivity index (χ3v) is 7.91. The highest BCUT2D eigenvalue weighted by Crippen LogP contribution is 2.57. The first-order valence-corrected chi connectivity index (χ1v) is 11.4. The molecule has 2 aromatic rings.